The molecule has 0 spiro atoms. The summed E-state index contributed by atoms with van der Waals surface area (Å²) in [6, 6.07) is -0.416. The van der Waals surface area contributed by atoms with Crippen molar-refractivity contribution < 1.29 is 19.7 Å². The average molecular weight is 244 g/mol. The Labute approximate surface area is 98.1 Å². The molecule has 0 radical (unpaired) electrons. The van der Waals surface area contributed by atoms with E-state index >= 15 is 0 Å². The lowest BCUT2D eigenvalue weighted by atomic mass is 10.2. The molecular formula is C9H16N4O4. The van der Waals surface area contributed by atoms with Crippen LogP contribution in [0, 0.1) is 0 Å². The van der Waals surface area contributed by atoms with Gasteiger partial charge in [0, 0.05) is 6.42 Å². The standard InChI is InChI=1S/C9H16N4O4/c1-4-11-8(10)12-9(16)13(4)7-2-5(15)6(3-14)17-7/h4-7,14-15H,2-3H2,1H3,(H3,10,11,12,16)/t4?,5?,6-,7-/m1/s1. The quantitative estimate of drug-likeness (QED) is 0.454. The predicted octanol–water partition coefficient (Wildman–Crippen LogP) is -1.86. The van der Waals surface area contributed by atoms with Gasteiger partial charge in [0.25, 0.3) is 0 Å². The number of guanidine groups is 1. The van der Waals surface area contributed by atoms with Crippen LogP contribution in [0.4, 0.5) is 4.79 Å². The molecule has 4 atom stereocenters. The molecule has 0 aliphatic carbocycles. The van der Waals surface area contributed by atoms with E-state index < -0.39 is 30.6 Å². The Morgan fingerprint density at radius 3 is 2.94 bits per heavy atom. The lowest BCUT2D eigenvalue weighted by Gasteiger charge is -2.34. The van der Waals surface area contributed by atoms with E-state index in [4.69, 9.17) is 15.6 Å². The highest BCUT2D eigenvalue weighted by atomic mass is 16.5. The second kappa shape index (κ2) is 4.47. The van der Waals surface area contributed by atoms with Gasteiger partial charge < -0.3 is 20.7 Å². The van der Waals surface area contributed by atoms with E-state index in [0.29, 0.717) is 0 Å². The first kappa shape index (κ1) is 12.1. The molecule has 1 fully saturated rings. The van der Waals surface area contributed by atoms with Crippen molar-refractivity contribution in [3.05, 3.63) is 0 Å². The van der Waals surface area contributed by atoms with E-state index in [1.165, 1.54) is 4.90 Å². The fourth-order valence-corrected chi connectivity index (χ4v) is 2.06. The summed E-state index contributed by atoms with van der Waals surface area (Å²) in [7, 11) is 0. The highest BCUT2D eigenvalue weighted by molar-refractivity contribution is 5.97. The number of aliphatic hydroxyl groups is 2. The Morgan fingerprint density at radius 1 is 1.71 bits per heavy atom. The third-order valence-electron chi connectivity index (χ3n) is 2.89. The van der Waals surface area contributed by atoms with Crippen LogP contribution in [-0.4, -0.2) is 58.3 Å². The normalized spacial score (nSPS) is 37.9. The van der Waals surface area contributed by atoms with Crippen LogP contribution in [0.5, 0.6) is 0 Å². The van der Waals surface area contributed by atoms with Crippen molar-refractivity contribution in [1.82, 2.24) is 10.2 Å². The third kappa shape index (κ3) is 2.19. The molecule has 2 aliphatic rings. The molecule has 1 saturated heterocycles. The maximum absolute atomic E-state index is 11.7. The Morgan fingerprint density at radius 2 is 2.41 bits per heavy atom. The van der Waals surface area contributed by atoms with Gasteiger partial charge in [0.15, 0.2) is 5.96 Å². The van der Waals surface area contributed by atoms with Crippen molar-refractivity contribution >= 4 is 12.0 Å². The van der Waals surface area contributed by atoms with Crippen molar-refractivity contribution in [2.24, 2.45) is 10.7 Å². The van der Waals surface area contributed by atoms with Crippen LogP contribution in [0.25, 0.3) is 0 Å². The molecule has 2 amide bonds. The minimum absolute atomic E-state index is 0.0657. The summed E-state index contributed by atoms with van der Waals surface area (Å²) < 4.78 is 5.39. The van der Waals surface area contributed by atoms with Crippen LogP contribution in [0.1, 0.15) is 13.3 Å². The molecule has 2 unspecified atom stereocenters. The maximum atomic E-state index is 11.7. The van der Waals surface area contributed by atoms with Crippen LogP contribution in [0.3, 0.4) is 0 Å². The minimum Gasteiger partial charge on any atom is -0.394 e. The molecule has 2 heterocycles. The van der Waals surface area contributed by atoms with Crippen molar-refractivity contribution in [2.75, 3.05) is 6.61 Å². The summed E-state index contributed by atoms with van der Waals surface area (Å²) in [6.07, 6.45) is -2.26. The molecule has 0 aromatic heterocycles. The molecule has 2 rings (SSSR count). The first-order valence-corrected chi connectivity index (χ1v) is 5.40. The molecule has 96 valence electrons. The smallest absolute Gasteiger partial charge is 0.327 e. The largest absolute Gasteiger partial charge is 0.394 e. The monoisotopic (exact) mass is 244 g/mol. The number of ether oxygens (including phenoxy) is 1. The lowest BCUT2D eigenvalue weighted by Crippen LogP contribution is -2.57. The molecule has 17 heavy (non-hydrogen) atoms. The first-order valence-electron chi connectivity index (χ1n) is 5.40. The van der Waals surface area contributed by atoms with E-state index in [9.17, 15) is 9.90 Å². The van der Waals surface area contributed by atoms with Gasteiger partial charge >= 0.3 is 6.03 Å². The van der Waals surface area contributed by atoms with E-state index in [-0.39, 0.29) is 19.0 Å². The summed E-state index contributed by atoms with van der Waals surface area (Å²) >= 11 is 0. The van der Waals surface area contributed by atoms with Crippen molar-refractivity contribution in [3.63, 3.8) is 0 Å². The number of nitrogens with two attached hydrogens (primary N) is 1. The fraction of sp³-hybridized carbons (Fsp3) is 0.778. The van der Waals surface area contributed by atoms with Crippen molar-refractivity contribution in [2.45, 2.75) is 37.9 Å². The summed E-state index contributed by atoms with van der Waals surface area (Å²) in [5.41, 5.74) is 5.42. The molecule has 2 aliphatic heterocycles. The van der Waals surface area contributed by atoms with Crippen LogP contribution in [-0.2, 0) is 4.74 Å². The van der Waals surface area contributed by atoms with Gasteiger partial charge in [-0.25, -0.2) is 9.79 Å². The predicted molar refractivity (Wildman–Crippen MR) is 57.8 cm³/mol. The first-order chi connectivity index (χ1) is 8.02. The van der Waals surface area contributed by atoms with Crippen LogP contribution < -0.4 is 11.1 Å². The SMILES string of the molecule is CC1N=C(N)NC(=O)N1[C@H]1CC(O)[C@@H](CO)O1. The molecule has 8 nitrogen and oxygen atoms in total. The molecule has 0 saturated carbocycles. The number of nitrogens with one attached hydrogen (secondary N) is 1. The number of aliphatic hydroxyl groups excluding tert-OH is 2. The minimum atomic E-state index is -0.784. The van der Waals surface area contributed by atoms with Crippen LogP contribution in [0.15, 0.2) is 4.99 Å². The van der Waals surface area contributed by atoms with E-state index in [0.717, 1.165) is 0 Å². The lowest BCUT2D eigenvalue weighted by molar-refractivity contribution is -0.0725. The van der Waals surface area contributed by atoms with Gasteiger partial charge in [-0.1, -0.05) is 0 Å². The fourth-order valence-electron chi connectivity index (χ4n) is 2.06. The number of aliphatic imine (C=N–C) groups is 1. The highest BCUT2D eigenvalue weighted by Gasteiger charge is 2.41. The number of hydrogen-bond donors (Lipinski definition) is 4. The second-order valence-electron chi connectivity index (χ2n) is 4.10. The van der Waals surface area contributed by atoms with Crippen molar-refractivity contribution in [3.8, 4) is 0 Å². The molecule has 8 heteroatoms. The Balaban J connectivity index is 2.11. The summed E-state index contributed by atoms with van der Waals surface area (Å²) in [5, 5.41) is 21.0. The molecular weight excluding hydrogens is 228 g/mol. The van der Waals surface area contributed by atoms with Crippen LogP contribution >= 0.6 is 0 Å². The zero-order valence-electron chi connectivity index (χ0n) is 9.41. The third-order valence-corrected chi connectivity index (χ3v) is 2.89. The highest BCUT2D eigenvalue weighted by Crippen LogP contribution is 2.25. The summed E-state index contributed by atoms with van der Waals surface area (Å²) in [4.78, 5) is 17.1. The zero-order chi connectivity index (χ0) is 12.6. The van der Waals surface area contributed by atoms with Gasteiger partial charge in [-0.3, -0.25) is 10.2 Å². The Kier molecular flexibility index (Phi) is 3.18. The van der Waals surface area contributed by atoms with Gasteiger partial charge in [0.05, 0.1) is 12.7 Å². The molecule has 0 bridgehead atoms. The Hall–Kier alpha value is -1.38. The van der Waals surface area contributed by atoms with Gasteiger partial charge in [0.2, 0.25) is 0 Å². The van der Waals surface area contributed by atoms with Gasteiger partial charge in [-0.15, -0.1) is 0 Å². The van der Waals surface area contributed by atoms with E-state index in [1.807, 2.05) is 0 Å². The van der Waals surface area contributed by atoms with Gasteiger partial charge in [-0.2, -0.15) is 0 Å². The second-order valence-corrected chi connectivity index (χ2v) is 4.10. The average Bonchev–Trinajstić information content (AvgIpc) is 2.57. The van der Waals surface area contributed by atoms with Crippen LogP contribution in [0.2, 0.25) is 0 Å². The molecule has 0 aromatic carbocycles. The van der Waals surface area contributed by atoms with Crippen molar-refractivity contribution in [1.29, 1.82) is 0 Å². The number of carbonyl (C=O) groups excluding carboxylic acids is 1. The Bertz CT molecular complexity index is 348. The summed E-state index contributed by atoms with van der Waals surface area (Å²) in [5.74, 6) is 0.0657. The number of urea groups is 1. The topological polar surface area (TPSA) is 120 Å². The van der Waals surface area contributed by atoms with E-state index in [2.05, 4.69) is 10.3 Å². The number of carbonyl (C=O) groups is 1. The summed E-state index contributed by atoms with van der Waals surface area (Å²) in [6.45, 7) is 1.42. The van der Waals surface area contributed by atoms with Gasteiger partial charge in [-0.05, 0) is 6.92 Å². The molecule has 5 N–H and O–H groups in total. The number of rotatable bonds is 2. The number of nitrogens with zero attached hydrogens (tertiary/aromatic N) is 2. The zero-order valence-corrected chi connectivity index (χ0v) is 9.41. The maximum Gasteiger partial charge on any atom is 0.327 e. The number of amides is 2. The van der Waals surface area contributed by atoms with Gasteiger partial charge in [0.1, 0.15) is 18.5 Å². The van der Waals surface area contributed by atoms with E-state index in [1.54, 1.807) is 6.92 Å². The number of hydrogen-bond acceptors (Lipinski definition) is 6. The molecule has 0 aromatic rings.